The van der Waals surface area contributed by atoms with E-state index in [0.717, 1.165) is 18.4 Å². The monoisotopic (exact) mass is 169 g/mol. The molecule has 0 aliphatic rings. The third-order valence-corrected chi connectivity index (χ3v) is 1.63. The first-order valence-electron chi connectivity index (χ1n) is 3.50. The van der Waals surface area contributed by atoms with Gasteiger partial charge in [0.05, 0.1) is 0 Å². The second kappa shape index (κ2) is 3.63. The Kier molecular flexibility index (Phi) is 2.77. The minimum atomic E-state index is 0.223. The highest BCUT2D eigenvalue weighted by Gasteiger charge is 1.96. The van der Waals surface area contributed by atoms with Crippen LogP contribution in [-0.4, -0.2) is 5.11 Å². The van der Waals surface area contributed by atoms with Crippen molar-refractivity contribution in [3.05, 3.63) is 35.7 Å². The lowest BCUT2D eigenvalue weighted by Crippen LogP contribution is -1.82. The number of phenolic OH excluding ortho intramolecular Hbond substituents is 1. The van der Waals surface area contributed by atoms with Gasteiger partial charge in [-0.05, 0) is 36.6 Å². The molecule has 0 unspecified atom stereocenters. The maximum atomic E-state index is 9.12. The molecule has 1 N–H and O–H groups in total. The normalized spacial score (nSPS) is 10.0. The number of rotatable bonds is 2. The predicted octanol–water partition coefficient (Wildman–Crippen LogP) is 2.81. The molecule has 0 heterocycles. The molecule has 0 saturated heterocycles. The topological polar surface area (TPSA) is 20.2 Å². The van der Waals surface area contributed by atoms with Crippen molar-refractivity contribution < 1.29 is 5.11 Å². The summed E-state index contributed by atoms with van der Waals surface area (Å²) in [5, 5.41) is 9.69. The Balaban J connectivity index is 2.89. The molecule has 0 aliphatic heterocycles. The Morgan fingerprint density at radius 1 is 1.36 bits per heavy atom. The molecule has 0 saturated carbocycles. The van der Waals surface area contributed by atoms with Crippen LogP contribution in [0.15, 0.2) is 18.2 Å². The molecule has 0 amide bonds. The Bertz CT molecular complexity index is 225. The van der Waals surface area contributed by atoms with Crippen LogP contribution in [0.25, 0.3) is 0 Å². The lowest BCUT2D eigenvalue weighted by Gasteiger charge is -1.99. The first-order chi connectivity index (χ1) is 5.22. The van der Waals surface area contributed by atoms with E-state index in [4.69, 9.17) is 16.7 Å². The van der Waals surface area contributed by atoms with Gasteiger partial charge in [-0.3, -0.25) is 0 Å². The van der Waals surface area contributed by atoms with Gasteiger partial charge in [-0.1, -0.05) is 18.5 Å². The highest BCUT2D eigenvalue weighted by atomic mass is 35.5. The van der Waals surface area contributed by atoms with Crippen LogP contribution in [0.5, 0.6) is 5.75 Å². The Hall–Kier alpha value is -0.690. The molecule has 1 rings (SSSR count). The van der Waals surface area contributed by atoms with Crippen molar-refractivity contribution in [2.75, 3.05) is 0 Å². The van der Waals surface area contributed by atoms with Crippen molar-refractivity contribution in [1.29, 1.82) is 0 Å². The molecule has 1 nitrogen and oxygen atoms in total. The number of hydrogen-bond acceptors (Lipinski definition) is 1. The van der Waals surface area contributed by atoms with Gasteiger partial charge in [-0.15, -0.1) is 0 Å². The summed E-state index contributed by atoms with van der Waals surface area (Å²) in [4.78, 5) is 0. The minimum Gasteiger partial charge on any atom is -0.508 e. The maximum absolute atomic E-state index is 9.12. The highest BCUT2D eigenvalue weighted by molar-refractivity contribution is 6.30. The summed E-state index contributed by atoms with van der Waals surface area (Å²) < 4.78 is 0. The van der Waals surface area contributed by atoms with Crippen molar-refractivity contribution in [3.8, 4) is 5.75 Å². The molecule has 0 spiro atoms. The fourth-order valence-corrected chi connectivity index (χ4v) is 1.23. The quantitative estimate of drug-likeness (QED) is 0.722. The summed E-state index contributed by atoms with van der Waals surface area (Å²) in [6, 6.07) is 5.07. The molecule has 0 atom stereocenters. The van der Waals surface area contributed by atoms with Crippen molar-refractivity contribution in [3.63, 3.8) is 0 Å². The fraction of sp³-hybridized carbons (Fsp3) is 0.222. The van der Waals surface area contributed by atoms with Gasteiger partial charge in [0.1, 0.15) is 5.75 Å². The molecule has 11 heavy (non-hydrogen) atoms. The van der Waals surface area contributed by atoms with Crippen LogP contribution in [-0.2, 0) is 6.42 Å². The van der Waals surface area contributed by atoms with E-state index in [1.807, 2.05) is 6.07 Å². The molecule has 59 valence electrons. The minimum absolute atomic E-state index is 0.223. The molecule has 0 fully saturated rings. The van der Waals surface area contributed by atoms with E-state index in [-0.39, 0.29) is 5.75 Å². The van der Waals surface area contributed by atoms with Crippen LogP contribution >= 0.6 is 11.6 Å². The fourth-order valence-electron chi connectivity index (χ4n) is 0.982. The van der Waals surface area contributed by atoms with Crippen LogP contribution in [0.2, 0.25) is 5.02 Å². The van der Waals surface area contributed by atoms with Gasteiger partial charge in [-0.25, -0.2) is 0 Å². The smallest absolute Gasteiger partial charge is 0.117 e. The van der Waals surface area contributed by atoms with E-state index >= 15 is 0 Å². The van der Waals surface area contributed by atoms with Gasteiger partial charge < -0.3 is 5.11 Å². The van der Waals surface area contributed by atoms with Crippen LogP contribution in [0.3, 0.4) is 0 Å². The number of hydrogen-bond donors (Lipinski definition) is 1. The number of aryl methyl sites for hydroxylation is 1. The Morgan fingerprint density at radius 2 is 2.09 bits per heavy atom. The summed E-state index contributed by atoms with van der Waals surface area (Å²) in [5.74, 6) is 0.223. The zero-order chi connectivity index (χ0) is 8.27. The molecule has 0 aliphatic carbocycles. The zero-order valence-corrected chi connectivity index (χ0v) is 6.93. The van der Waals surface area contributed by atoms with E-state index in [1.165, 1.54) is 6.07 Å². The number of aromatic hydroxyl groups is 1. The lowest BCUT2D eigenvalue weighted by atomic mass is 10.1. The first-order valence-corrected chi connectivity index (χ1v) is 3.88. The highest BCUT2D eigenvalue weighted by Crippen LogP contribution is 2.20. The molecule has 1 aromatic rings. The summed E-state index contributed by atoms with van der Waals surface area (Å²) in [6.07, 6.45) is 1.67. The van der Waals surface area contributed by atoms with Crippen LogP contribution in [0.4, 0.5) is 0 Å². The summed E-state index contributed by atoms with van der Waals surface area (Å²) in [5.41, 5.74) is 1.03. The van der Waals surface area contributed by atoms with Gasteiger partial charge in [-0.2, -0.15) is 0 Å². The van der Waals surface area contributed by atoms with Gasteiger partial charge in [0.15, 0.2) is 0 Å². The van der Waals surface area contributed by atoms with E-state index in [9.17, 15) is 0 Å². The molecule has 0 aromatic heterocycles. The van der Waals surface area contributed by atoms with Gasteiger partial charge in [0.2, 0.25) is 0 Å². The molecule has 2 heteroatoms. The van der Waals surface area contributed by atoms with Crippen LogP contribution in [0.1, 0.15) is 12.0 Å². The Labute approximate surface area is 71.6 Å². The van der Waals surface area contributed by atoms with E-state index in [0.29, 0.717) is 5.02 Å². The molecule has 1 radical (unpaired) electrons. The van der Waals surface area contributed by atoms with Crippen LogP contribution < -0.4 is 0 Å². The van der Waals surface area contributed by atoms with E-state index in [1.54, 1.807) is 6.07 Å². The SMILES string of the molecule is [CH2]CCc1cc(O)cc(Cl)c1. The number of benzene rings is 1. The zero-order valence-electron chi connectivity index (χ0n) is 6.18. The first kappa shape index (κ1) is 8.41. The summed E-state index contributed by atoms with van der Waals surface area (Å²) in [7, 11) is 0. The largest absolute Gasteiger partial charge is 0.508 e. The average molecular weight is 170 g/mol. The third kappa shape index (κ3) is 2.43. The molecular weight excluding hydrogens is 160 g/mol. The van der Waals surface area contributed by atoms with Crippen molar-refractivity contribution >= 4 is 11.6 Å². The molecule has 0 bridgehead atoms. The summed E-state index contributed by atoms with van der Waals surface area (Å²) >= 11 is 5.71. The predicted molar refractivity (Wildman–Crippen MR) is 46.8 cm³/mol. The van der Waals surface area contributed by atoms with E-state index in [2.05, 4.69) is 6.92 Å². The van der Waals surface area contributed by atoms with Crippen molar-refractivity contribution in [2.24, 2.45) is 0 Å². The average Bonchev–Trinajstić information content (AvgIpc) is 1.85. The van der Waals surface area contributed by atoms with Gasteiger partial charge in [0, 0.05) is 5.02 Å². The van der Waals surface area contributed by atoms with Crippen LogP contribution in [0, 0.1) is 6.92 Å². The van der Waals surface area contributed by atoms with Gasteiger partial charge in [0.25, 0.3) is 0 Å². The standard InChI is InChI=1S/C9H10ClO/c1-2-3-7-4-8(10)6-9(11)5-7/h4-6,11H,1-3H2. The van der Waals surface area contributed by atoms with Gasteiger partial charge >= 0.3 is 0 Å². The third-order valence-electron chi connectivity index (χ3n) is 1.41. The second-order valence-corrected chi connectivity index (χ2v) is 2.86. The second-order valence-electron chi connectivity index (χ2n) is 2.42. The number of halogens is 1. The lowest BCUT2D eigenvalue weighted by molar-refractivity contribution is 0.474. The summed E-state index contributed by atoms with van der Waals surface area (Å²) in [6.45, 7) is 3.72. The molecular formula is C9H10ClO. The Morgan fingerprint density at radius 3 is 2.64 bits per heavy atom. The van der Waals surface area contributed by atoms with E-state index < -0.39 is 0 Å². The van der Waals surface area contributed by atoms with Crippen molar-refractivity contribution in [1.82, 2.24) is 0 Å². The number of phenols is 1. The maximum Gasteiger partial charge on any atom is 0.117 e. The van der Waals surface area contributed by atoms with Crippen molar-refractivity contribution in [2.45, 2.75) is 12.8 Å². The molecule has 1 aromatic carbocycles.